The van der Waals surface area contributed by atoms with Gasteiger partial charge in [0.05, 0.1) is 17.6 Å². The molecule has 2 radical (unpaired) electrons. The van der Waals surface area contributed by atoms with Crippen molar-refractivity contribution in [3.8, 4) is 0 Å². The molecule has 2 aromatic rings. The Labute approximate surface area is 142 Å². The predicted octanol–water partition coefficient (Wildman–Crippen LogP) is 3.07. The van der Waals surface area contributed by atoms with Gasteiger partial charge in [0.25, 0.3) is 0 Å². The first-order chi connectivity index (χ1) is 8.93. The summed E-state index contributed by atoms with van der Waals surface area (Å²) in [5.74, 6) is 0. The molecule has 0 saturated carbocycles. The molecule has 0 aliphatic carbocycles. The van der Waals surface area contributed by atoms with E-state index in [1.54, 1.807) is 0 Å². The fraction of sp³-hybridized carbons (Fsp3) is 0. The van der Waals surface area contributed by atoms with Crippen molar-refractivity contribution in [2.75, 3.05) is 0 Å². The second kappa shape index (κ2) is 9.33. The minimum absolute atomic E-state index is 0. The molecule has 0 fully saturated rings. The van der Waals surface area contributed by atoms with Crippen molar-refractivity contribution in [1.29, 1.82) is 0 Å². The fourth-order valence-electron chi connectivity index (χ4n) is 1.89. The Morgan fingerprint density at radius 1 is 0.810 bits per heavy atom. The molecule has 0 unspecified atom stereocenters. The van der Waals surface area contributed by atoms with E-state index in [9.17, 15) is 0 Å². The maximum Gasteiger partial charge on any atom is 2.00 e. The number of nitrogens with zero attached hydrogens (tertiary/aromatic N) is 2. The molecule has 0 saturated heterocycles. The van der Waals surface area contributed by atoms with E-state index in [0.717, 1.165) is 11.0 Å². The summed E-state index contributed by atoms with van der Waals surface area (Å²) >= 11 is 0. The quantitative estimate of drug-likeness (QED) is 0.528. The first-order valence-electron chi connectivity index (χ1n) is 5.86. The Morgan fingerprint density at radius 3 is 2.29 bits per heavy atom. The van der Waals surface area contributed by atoms with Gasteiger partial charge in [-0.25, -0.2) is 0 Å². The number of benzene rings is 2. The number of rotatable bonds is 0. The van der Waals surface area contributed by atoms with E-state index in [4.69, 9.17) is 0 Å². The summed E-state index contributed by atoms with van der Waals surface area (Å²) in [6, 6.07) is 16.2. The van der Waals surface area contributed by atoms with Crippen LogP contribution in [-0.4, -0.2) is 0 Å². The molecule has 2 aliphatic heterocycles. The van der Waals surface area contributed by atoms with Crippen molar-refractivity contribution < 1.29 is 21.7 Å². The first-order valence-corrected chi connectivity index (χ1v) is 5.86. The van der Waals surface area contributed by atoms with Gasteiger partial charge in [0.2, 0.25) is 0 Å². The molecule has 21 heavy (non-hydrogen) atoms. The van der Waals surface area contributed by atoms with Crippen LogP contribution in [-0.2, 0) is 21.7 Å². The SMILES string of the molecule is C1=Cc2ccccc2[N]1.[CH3-].[CH3-].[CH]1C=c2ccccc2=N1.[Ti+2]. The predicted molar refractivity (Wildman–Crippen MR) is 86.1 cm³/mol. The molecule has 0 aromatic heterocycles. The Kier molecular flexibility index (Phi) is 8.60. The van der Waals surface area contributed by atoms with Crippen molar-refractivity contribution >= 4 is 17.8 Å². The molecule has 2 aromatic carbocycles. The van der Waals surface area contributed by atoms with E-state index in [0.29, 0.717) is 0 Å². The van der Waals surface area contributed by atoms with Crippen LogP contribution < -0.4 is 15.9 Å². The number of para-hydroxylation sites is 2. The molecule has 2 aliphatic rings. The minimum Gasteiger partial charge on any atom is -0.358 e. The second-order valence-electron chi connectivity index (χ2n) is 4.01. The van der Waals surface area contributed by atoms with Gasteiger partial charge in [-0.3, -0.25) is 10.3 Å². The van der Waals surface area contributed by atoms with Gasteiger partial charge in [-0.1, -0.05) is 36.4 Å². The van der Waals surface area contributed by atoms with Crippen LogP contribution in [0.3, 0.4) is 0 Å². The molecular formula is C18H18N2Ti. The molecular weight excluding hydrogens is 292 g/mol. The molecule has 3 heteroatoms. The number of fused-ring (bicyclic) bond motifs is 2. The van der Waals surface area contributed by atoms with E-state index in [-0.39, 0.29) is 36.6 Å². The molecule has 4 rings (SSSR count). The van der Waals surface area contributed by atoms with Crippen LogP contribution in [0.1, 0.15) is 5.56 Å². The third-order valence-electron chi connectivity index (χ3n) is 2.81. The van der Waals surface area contributed by atoms with Gasteiger partial charge in [0.1, 0.15) is 0 Å². The van der Waals surface area contributed by atoms with E-state index in [2.05, 4.69) is 22.4 Å². The van der Waals surface area contributed by atoms with Crippen LogP contribution in [0.15, 0.2) is 59.7 Å². The summed E-state index contributed by atoms with van der Waals surface area (Å²) in [5.41, 5.74) is 2.30. The van der Waals surface area contributed by atoms with E-state index in [1.165, 1.54) is 10.8 Å². The summed E-state index contributed by atoms with van der Waals surface area (Å²) in [4.78, 5) is 4.12. The van der Waals surface area contributed by atoms with E-state index >= 15 is 0 Å². The van der Waals surface area contributed by atoms with Gasteiger partial charge in [0.15, 0.2) is 0 Å². The van der Waals surface area contributed by atoms with Crippen molar-refractivity contribution in [3.05, 3.63) is 92.3 Å². The average molecular weight is 310 g/mol. The zero-order valence-electron chi connectivity index (χ0n) is 12.3. The van der Waals surface area contributed by atoms with Crippen molar-refractivity contribution in [2.24, 2.45) is 4.99 Å². The molecule has 0 bridgehead atoms. The molecule has 0 amide bonds. The summed E-state index contributed by atoms with van der Waals surface area (Å²) in [6.45, 7) is 1.82. The largest absolute Gasteiger partial charge is 2.00 e. The van der Waals surface area contributed by atoms with Crippen molar-refractivity contribution in [2.45, 2.75) is 0 Å². The average Bonchev–Trinajstić information content (AvgIpc) is 3.08. The summed E-state index contributed by atoms with van der Waals surface area (Å²) in [6.07, 6.45) is 5.84. The van der Waals surface area contributed by atoms with Crippen molar-refractivity contribution in [1.82, 2.24) is 5.32 Å². The molecule has 0 spiro atoms. The van der Waals surface area contributed by atoms with Crippen LogP contribution in [0.5, 0.6) is 0 Å². The summed E-state index contributed by atoms with van der Waals surface area (Å²) in [5, 5.41) is 6.42. The zero-order chi connectivity index (χ0) is 12.2. The molecule has 104 valence electrons. The molecule has 2 nitrogen and oxygen atoms in total. The fourth-order valence-corrected chi connectivity index (χ4v) is 1.89. The summed E-state index contributed by atoms with van der Waals surface area (Å²) < 4.78 is 0. The van der Waals surface area contributed by atoms with Gasteiger partial charge in [-0.05, 0) is 29.5 Å². The number of hydrogen-bond acceptors (Lipinski definition) is 1. The number of hydrogen-bond donors (Lipinski definition) is 0. The van der Waals surface area contributed by atoms with Crippen LogP contribution in [0.2, 0.25) is 0 Å². The Bertz CT molecular complexity index is 672. The third-order valence-corrected chi connectivity index (χ3v) is 2.81. The monoisotopic (exact) mass is 310 g/mol. The van der Waals surface area contributed by atoms with Crippen LogP contribution in [0.25, 0.3) is 12.2 Å². The zero-order valence-corrected chi connectivity index (χ0v) is 13.9. The van der Waals surface area contributed by atoms with Gasteiger partial charge in [0, 0.05) is 11.8 Å². The normalized spacial score (nSPS) is 11.4. The maximum atomic E-state index is 4.12. The third kappa shape index (κ3) is 4.70. The van der Waals surface area contributed by atoms with Crippen LogP contribution >= 0.6 is 0 Å². The van der Waals surface area contributed by atoms with Gasteiger partial charge < -0.3 is 14.9 Å². The second-order valence-corrected chi connectivity index (χ2v) is 4.01. The smallest absolute Gasteiger partial charge is 0.358 e. The van der Waals surface area contributed by atoms with E-state index in [1.807, 2.05) is 61.3 Å². The molecule has 0 N–H and O–H groups in total. The Hall–Kier alpha value is -1.64. The molecule has 2 heterocycles. The topological polar surface area (TPSA) is 26.5 Å². The van der Waals surface area contributed by atoms with Crippen molar-refractivity contribution in [3.63, 3.8) is 0 Å². The standard InChI is InChI=1S/2C8H6N.2CH3.Ti/c2*1-2-4-8-7(3-1)5-6-9-8;;;/h2*1-6H;2*1H3;/q;;2*-1;+2. The minimum atomic E-state index is 0. The van der Waals surface area contributed by atoms with Crippen LogP contribution in [0.4, 0.5) is 5.69 Å². The molecule has 0 atom stereocenters. The Balaban J connectivity index is 0.000000333. The van der Waals surface area contributed by atoms with E-state index < -0.39 is 0 Å². The first kappa shape index (κ1) is 19.4. The van der Waals surface area contributed by atoms with Crippen LogP contribution in [0, 0.1) is 21.4 Å². The van der Waals surface area contributed by atoms with Gasteiger partial charge in [-0.15, -0.1) is 0 Å². The van der Waals surface area contributed by atoms with Gasteiger partial charge >= 0.3 is 21.7 Å². The maximum absolute atomic E-state index is 4.12. The summed E-state index contributed by atoms with van der Waals surface area (Å²) in [7, 11) is 0. The van der Waals surface area contributed by atoms with Gasteiger partial charge in [-0.2, -0.15) is 0 Å². The Morgan fingerprint density at radius 2 is 1.52 bits per heavy atom.